The number of Topliss-reactive ketones (excluding diaryl/α,β-unsaturated/α-hetero) is 1. The van der Waals surface area contributed by atoms with E-state index in [9.17, 15) is 24.8 Å². The zero-order chi connectivity index (χ0) is 15.6. The van der Waals surface area contributed by atoms with E-state index in [0.29, 0.717) is 0 Å². The Labute approximate surface area is 116 Å². The smallest absolute Gasteiger partial charge is 0.271 e. The second kappa shape index (κ2) is 5.32. The van der Waals surface area contributed by atoms with Gasteiger partial charge in [0.2, 0.25) is 5.95 Å². The molecule has 2 aromatic rings. The van der Waals surface area contributed by atoms with Crippen molar-refractivity contribution in [2.24, 2.45) is 0 Å². The van der Waals surface area contributed by atoms with Crippen molar-refractivity contribution in [2.45, 2.75) is 6.92 Å². The fraction of sp³-hybridized carbons (Fsp3) is 0.100. The highest BCUT2D eigenvalue weighted by atomic mass is 16.6. The van der Waals surface area contributed by atoms with Gasteiger partial charge in [-0.25, -0.2) is 5.10 Å². The first-order chi connectivity index (χ1) is 9.90. The van der Waals surface area contributed by atoms with Crippen LogP contribution in [0, 0.1) is 10.1 Å². The number of anilines is 1. The van der Waals surface area contributed by atoms with Crippen molar-refractivity contribution in [2.75, 3.05) is 5.32 Å². The van der Waals surface area contributed by atoms with Crippen molar-refractivity contribution in [3.8, 4) is 5.75 Å². The number of aromatic amines is 1. The second-order valence-electron chi connectivity index (χ2n) is 3.91. The number of aromatic nitrogens is 4. The highest BCUT2D eigenvalue weighted by Gasteiger charge is 2.23. The average Bonchev–Trinajstić information content (AvgIpc) is 2.90. The van der Waals surface area contributed by atoms with Crippen LogP contribution in [0.15, 0.2) is 12.1 Å². The molecule has 108 valence electrons. The summed E-state index contributed by atoms with van der Waals surface area (Å²) in [5, 5.41) is 35.0. The highest BCUT2D eigenvalue weighted by Crippen LogP contribution is 2.29. The number of nitrogens with zero attached hydrogens (tertiary/aromatic N) is 4. The molecule has 11 nitrogen and oxygen atoms in total. The Kier molecular flexibility index (Phi) is 3.56. The monoisotopic (exact) mass is 292 g/mol. The first-order valence-corrected chi connectivity index (χ1v) is 5.47. The van der Waals surface area contributed by atoms with E-state index in [1.54, 1.807) is 0 Å². The molecule has 0 aliphatic rings. The number of phenolic OH excluding ortho intramolecular Hbond substituents is 1. The number of carbonyl (C=O) groups is 2. The van der Waals surface area contributed by atoms with Gasteiger partial charge in [0.05, 0.1) is 16.1 Å². The maximum Gasteiger partial charge on any atom is 0.271 e. The largest absolute Gasteiger partial charge is 0.506 e. The number of non-ortho nitro benzene ring substituents is 1. The Morgan fingerprint density at radius 2 is 2.05 bits per heavy atom. The lowest BCUT2D eigenvalue weighted by Gasteiger charge is -2.07. The number of rotatable bonds is 4. The number of aromatic hydroxyl groups is 1. The molecule has 1 aromatic carbocycles. The number of tetrazole rings is 1. The second-order valence-corrected chi connectivity index (χ2v) is 3.91. The minimum absolute atomic E-state index is 0.115. The zero-order valence-electron chi connectivity index (χ0n) is 10.5. The third kappa shape index (κ3) is 2.80. The molecule has 0 radical (unpaired) electrons. The Bertz CT molecular complexity index is 726. The van der Waals surface area contributed by atoms with Gasteiger partial charge in [-0.1, -0.05) is 5.10 Å². The minimum atomic E-state index is -0.905. The van der Waals surface area contributed by atoms with E-state index in [1.165, 1.54) is 0 Å². The standard InChI is InChI=1S/C10H8N6O5/c1-4(17)6-2-5(16(20)21)3-7(8(6)18)9(19)11-10-12-14-15-13-10/h2-3,18H,1H3,(H2,11,12,13,14,15,19). The number of phenols is 1. The van der Waals surface area contributed by atoms with Gasteiger partial charge in [0.1, 0.15) is 5.75 Å². The maximum absolute atomic E-state index is 12.0. The number of amides is 1. The van der Waals surface area contributed by atoms with Crippen molar-refractivity contribution >= 4 is 23.3 Å². The number of nitro benzene ring substituents is 1. The van der Waals surface area contributed by atoms with Gasteiger partial charge in [-0.2, -0.15) is 0 Å². The van der Waals surface area contributed by atoms with Crippen LogP contribution in [0.4, 0.5) is 11.6 Å². The lowest BCUT2D eigenvalue weighted by molar-refractivity contribution is -0.384. The van der Waals surface area contributed by atoms with E-state index in [4.69, 9.17) is 0 Å². The number of hydrogen-bond acceptors (Lipinski definition) is 8. The normalized spacial score (nSPS) is 10.1. The van der Waals surface area contributed by atoms with Crippen molar-refractivity contribution in [1.29, 1.82) is 0 Å². The van der Waals surface area contributed by atoms with Crippen molar-refractivity contribution in [1.82, 2.24) is 20.6 Å². The molecule has 11 heteroatoms. The molecule has 3 N–H and O–H groups in total. The van der Waals surface area contributed by atoms with Crippen LogP contribution in [0.25, 0.3) is 0 Å². The van der Waals surface area contributed by atoms with Gasteiger partial charge >= 0.3 is 0 Å². The van der Waals surface area contributed by atoms with Gasteiger partial charge in [0.15, 0.2) is 5.78 Å². The van der Waals surface area contributed by atoms with Gasteiger partial charge in [0.25, 0.3) is 11.6 Å². The summed E-state index contributed by atoms with van der Waals surface area (Å²) in [5.41, 5.74) is -1.27. The van der Waals surface area contributed by atoms with Gasteiger partial charge in [-0.05, 0) is 17.4 Å². The summed E-state index contributed by atoms with van der Waals surface area (Å²) in [4.78, 5) is 33.4. The van der Waals surface area contributed by atoms with Crippen LogP contribution in [0.1, 0.15) is 27.6 Å². The summed E-state index contributed by atoms with van der Waals surface area (Å²) in [6.07, 6.45) is 0. The van der Waals surface area contributed by atoms with Crippen LogP contribution in [0.2, 0.25) is 0 Å². The van der Waals surface area contributed by atoms with E-state index in [2.05, 4.69) is 25.9 Å². The van der Waals surface area contributed by atoms with Gasteiger partial charge in [-0.15, -0.1) is 0 Å². The number of carbonyl (C=O) groups excluding carboxylic acids is 2. The SMILES string of the molecule is CC(=O)c1cc([N+](=O)[O-])cc(C(=O)Nc2nnn[nH]2)c1O. The molecular formula is C10H8N6O5. The van der Waals surface area contributed by atoms with Gasteiger partial charge in [0, 0.05) is 12.1 Å². The maximum atomic E-state index is 12.0. The minimum Gasteiger partial charge on any atom is -0.506 e. The molecule has 1 amide bonds. The molecule has 0 fully saturated rings. The quantitative estimate of drug-likeness (QED) is 0.410. The summed E-state index contributed by atoms with van der Waals surface area (Å²) in [5.74, 6) is -2.29. The molecule has 0 unspecified atom stereocenters. The zero-order valence-corrected chi connectivity index (χ0v) is 10.5. The Balaban J connectivity index is 2.48. The van der Waals surface area contributed by atoms with Crippen LogP contribution in [0.5, 0.6) is 5.75 Å². The van der Waals surface area contributed by atoms with Crippen LogP contribution in [0.3, 0.4) is 0 Å². The first kappa shape index (κ1) is 14.0. The number of H-pyrrole nitrogens is 1. The van der Waals surface area contributed by atoms with E-state index < -0.39 is 33.6 Å². The van der Waals surface area contributed by atoms with E-state index in [0.717, 1.165) is 19.1 Å². The molecule has 1 aromatic heterocycles. The van der Waals surface area contributed by atoms with Gasteiger partial charge < -0.3 is 5.11 Å². The summed E-state index contributed by atoms with van der Waals surface area (Å²) in [6, 6.07) is 1.74. The molecule has 0 bridgehead atoms. The topological polar surface area (TPSA) is 164 Å². The van der Waals surface area contributed by atoms with Crippen molar-refractivity contribution in [3.05, 3.63) is 33.4 Å². The number of benzene rings is 1. The summed E-state index contributed by atoms with van der Waals surface area (Å²) >= 11 is 0. The Hall–Kier alpha value is -3.37. The highest BCUT2D eigenvalue weighted by molar-refractivity contribution is 6.09. The predicted octanol–water partition coefficient (Wildman–Crippen LogP) is 0.268. The van der Waals surface area contributed by atoms with Crippen LogP contribution >= 0.6 is 0 Å². The Morgan fingerprint density at radius 1 is 1.38 bits per heavy atom. The Morgan fingerprint density at radius 3 is 2.57 bits per heavy atom. The lowest BCUT2D eigenvalue weighted by Crippen LogP contribution is -2.15. The average molecular weight is 292 g/mol. The summed E-state index contributed by atoms with van der Waals surface area (Å²) in [6.45, 7) is 1.11. The molecule has 0 saturated carbocycles. The fourth-order valence-corrected chi connectivity index (χ4v) is 1.55. The van der Waals surface area contributed by atoms with Crippen LogP contribution in [-0.4, -0.2) is 42.3 Å². The van der Waals surface area contributed by atoms with E-state index in [-0.39, 0.29) is 11.5 Å². The molecule has 21 heavy (non-hydrogen) atoms. The molecule has 0 aliphatic carbocycles. The third-order valence-electron chi connectivity index (χ3n) is 2.51. The number of hydrogen-bond donors (Lipinski definition) is 3. The molecule has 0 atom stereocenters. The van der Waals surface area contributed by atoms with Crippen molar-refractivity contribution < 1.29 is 19.6 Å². The fourth-order valence-electron chi connectivity index (χ4n) is 1.55. The van der Waals surface area contributed by atoms with E-state index in [1.807, 2.05) is 0 Å². The number of nitro groups is 1. The molecular weight excluding hydrogens is 284 g/mol. The molecule has 1 heterocycles. The predicted molar refractivity (Wildman–Crippen MR) is 66.9 cm³/mol. The molecule has 2 rings (SSSR count). The summed E-state index contributed by atoms with van der Waals surface area (Å²) in [7, 11) is 0. The van der Waals surface area contributed by atoms with Gasteiger partial charge in [-0.3, -0.25) is 25.0 Å². The third-order valence-corrected chi connectivity index (χ3v) is 2.51. The first-order valence-electron chi connectivity index (χ1n) is 5.47. The summed E-state index contributed by atoms with van der Waals surface area (Å²) < 4.78 is 0. The van der Waals surface area contributed by atoms with Crippen LogP contribution < -0.4 is 5.32 Å². The van der Waals surface area contributed by atoms with Crippen LogP contribution in [-0.2, 0) is 0 Å². The lowest BCUT2D eigenvalue weighted by atomic mass is 10.0. The molecule has 0 aliphatic heterocycles. The van der Waals surface area contributed by atoms with Crippen molar-refractivity contribution in [3.63, 3.8) is 0 Å². The molecule has 0 spiro atoms. The molecule has 0 saturated heterocycles. The number of nitrogens with one attached hydrogen (secondary N) is 2. The number of ketones is 1. The van der Waals surface area contributed by atoms with E-state index >= 15 is 0 Å².